The fourth-order valence-corrected chi connectivity index (χ4v) is 0.680. The van der Waals surface area contributed by atoms with Gasteiger partial charge in [-0.25, -0.2) is 0 Å². The molecule has 0 saturated heterocycles. The van der Waals surface area contributed by atoms with Crippen LogP contribution >= 0.6 is 11.6 Å². The van der Waals surface area contributed by atoms with E-state index in [1.165, 1.54) is 0 Å². The summed E-state index contributed by atoms with van der Waals surface area (Å²) in [5, 5.41) is 3.51. The molecule has 0 aliphatic rings. The van der Waals surface area contributed by atoms with Crippen LogP contribution in [-0.2, 0) is 0 Å². The van der Waals surface area contributed by atoms with Crippen LogP contribution in [0.3, 0.4) is 0 Å². The van der Waals surface area contributed by atoms with Crippen molar-refractivity contribution in [1.29, 1.82) is 0 Å². The van der Waals surface area contributed by atoms with Crippen LogP contribution in [0.2, 0.25) is 0 Å². The van der Waals surface area contributed by atoms with Gasteiger partial charge in [0.1, 0.15) is 0 Å². The highest BCUT2D eigenvalue weighted by Crippen LogP contribution is 1.91. The fourth-order valence-electron chi connectivity index (χ4n) is 0.571. The van der Waals surface area contributed by atoms with E-state index >= 15 is 0 Å². The SMILES string of the molecule is CC(C)CNCC(C)Cl. The van der Waals surface area contributed by atoms with Gasteiger partial charge in [0.25, 0.3) is 0 Å². The highest BCUT2D eigenvalue weighted by molar-refractivity contribution is 6.20. The lowest BCUT2D eigenvalue weighted by Gasteiger charge is -2.07. The number of nitrogens with one attached hydrogen (secondary N) is 1. The maximum absolute atomic E-state index is 5.70. The summed E-state index contributed by atoms with van der Waals surface area (Å²) >= 11 is 5.70. The minimum absolute atomic E-state index is 0.253. The predicted molar refractivity (Wildman–Crippen MR) is 43.0 cm³/mol. The second-order valence-corrected chi connectivity index (χ2v) is 3.58. The van der Waals surface area contributed by atoms with Gasteiger partial charge in [0.2, 0.25) is 0 Å². The number of hydrogen-bond donors (Lipinski definition) is 1. The number of alkyl halides is 1. The standard InChI is InChI=1S/C7H16ClN/c1-6(2)4-9-5-7(3)8/h6-7,9H,4-5H2,1-3H3. The first-order valence-corrected chi connectivity index (χ1v) is 3.91. The molecule has 56 valence electrons. The molecule has 1 unspecified atom stereocenters. The molecule has 0 bridgehead atoms. The second kappa shape index (κ2) is 5.07. The third-order valence-electron chi connectivity index (χ3n) is 0.978. The summed E-state index contributed by atoms with van der Waals surface area (Å²) in [4.78, 5) is 0. The Hall–Kier alpha value is 0.250. The average Bonchev–Trinajstić information content (AvgIpc) is 1.63. The highest BCUT2D eigenvalue weighted by Gasteiger charge is 1.95. The molecule has 0 spiro atoms. The average molecular weight is 150 g/mol. The number of rotatable bonds is 4. The molecule has 0 heterocycles. The van der Waals surface area contributed by atoms with E-state index in [1.807, 2.05) is 6.92 Å². The monoisotopic (exact) mass is 149 g/mol. The summed E-state index contributed by atoms with van der Waals surface area (Å²) in [6.45, 7) is 8.35. The zero-order chi connectivity index (χ0) is 7.28. The third-order valence-corrected chi connectivity index (χ3v) is 1.13. The normalized spacial score (nSPS) is 14.3. The molecule has 2 heteroatoms. The molecule has 0 aromatic heterocycles. The molecular weight excluding hydrogens is 134 g/mol. The largest absolute Gasteiger partial charge is 0.315 e. The number of halogens is 1. The van der Waals surface area contributed by atoms with Gasteiger partial charge in [-0.1, -0.05) is 13.8 Å². The highest BCUT2D eigenvalue weighted by atomic mass is 35.5. The van der Waals surface area contributed by atoms with Gasteiger partial charge >= 0.3 is 0 Å². The van der Waals surface area contributed by atoms with Gasteiger partial charge < -0.3 is 5.32 Å². The first-order valence-electron chi connectivity index (χ1n) is 3.47. The van der Waals surface area contributed by atoms with Gasteiger partial charge in [-0.05, 0) is 19.4 Å². The molecular formula is C7H16ClN. The smallest absolute Gasteiger partial charge is 0.0432 e. The van der Waals surface area contributed by atoms with E-state index in [0.29, 0.717) is 0 Å². The Bertz CT molecular complexity index is 53.9. The van der Waals surface area contributed by atoms with Gasteiger partial charge in [0.15, 0.2) is 0 Å². The fraction of sp³-hybridized carbons (Fsp3) is 1.00. The summed E-state index contributed by atoms with van der Waals surface area (Å²) in [5.41, 5.74) is 0. The molecule has 0 radical (unpaired) electrons. The summed E-state index contributed by atoms with van der Waals surface area (Å²) in [6, 6.07) is 0. The Balaban J connectivity index is 2.91. The van der Waals surface area contributed by atoms with Crippen LogP contribution in [0.25, 0.3) is 0 Å². The zero-order valence-corrected chi connectivity index (χ0v) is 7.20. The summed E-state index contributed by atoms with van der Waals surface area (Å²) in [5.74, 6) is 0.723. The summed E-state index contributed by atoms with van der Waals surface area (Å²) < 4.78 is 0. The second-order valence-electron chi connectivity index (χ2n) is 2.83. The van der Waals surface area contributed by atoms with E-state index in [2.05, 4.69) is 19.2 Å². The quantitative estimate of drug-likeness (QED) is 0.602. The molecule has 0 fully saturated rings. The van der Waals surface area contributed by atoms with Crippen molar-refractivity contribution in [1.82, 2.24) is 5.32 Å². The minimum Gasteiger partial charge on any atom is -0.315 e. The Labute approximate surface area is 62.8 Å². The van der Waals surface area contributed by atoms with Crippen LogP contribution in [0.1, 0.15) is 20.8 Å². The maximum Gasteiger partial charge on any atom is 0.0432 e. The van der Waals surface area contributed by atoms with Crippen LogP contribution in [-0.4, -0.2) is 18.5 Å². The van der Waals surface area contributed by atoms with Crippen LogP contribution in [0.15, 0.2) is 0 Å². The molecule has 1 N–H and O–H groups in total. The minimum atomic E-state index is 0.253. The lowest BCUT2D eigenvalue weighted by atomic mass is 10.2. The lowest BCUT2D eigenvalue weighted by molar-refractivity contribution is 0.552. The van der Waals surface area contributed by atoms with Crippen LogP contribution in [0.5, 0.6) is 0 Å². The van der Waals surface area contributed by atoms with Crippen molar-refractivity contribution >= 4 is 11.6 Å². The number of hydrogen-bond acceptors (Lipinski definition) is 1. The molecule has 0 aliphatic heterocycles. The Kier molecular flexibility index (Phi) is 5.21. The van der Waals surface area contributed by atoms with Crippen molar-refractivity contribution in [3.05, 3.63) is 0 Å². The third kappa shape index (κ3) is 8.25. The molecule has 0 aliphatic carbocycles. The molecule has 0 aromatic carbocycles. The van der Waals surface area contributed by atoms with Gasteiger partial charge in [-0.3, -0.25) is 0 Å². The molecule has 1 nitrogen and oxygen atoms in total. The van der Waals surface area contributed by atoms with Crippen molar-refractivity contribution in [2.24, 2.45) is 5.92 Å². The van der Waals surface area contributed by atoms with E-state index in [9.17, 15) is 0 Å². The molecule has 0 amide bonds. The van der Waals surface area contributed by atoms with Gasteiger partial charge in [0.05, 0.1) is 0 Å². The van der Waals surface area contributed by atoms with Crippen molar-refractivity contribution in [2.45, 2.75) is 26.1 Å². The van der Waals surface area contributed by atoms with Crippen molar-refractivity contribution in [3.8, 4) is 0 Å². The molecule has 9 heavy (non-hydrogen) atoms. The van der Waals surface area contributed by atoms with E-state index in [1.54, 1.807) is 0 Å². The Morgan fingerprint density at radius 1 is 1.22 bits per heavy atom. The van der Waals surface area contributed by atoms with Crippen molar-refractivity contribution in [3.63, 3.8) is 0 Å². The Morgan fingerprint density at radius 3 is 2.11 bits per heavy atom. The van der Waals surface area contributed by atoms with Crippen LogP contribution in [0, 0.1) is 5.92 Å². The molecule has 0 aromatic rings. The van der Waals surface area contributed by atoms with Gasteiger partial charge in [-0.2, -0.15) is 0 Å². The van der Waals surface area contributed by atoms with E-state index in [0.717, 1.165) is 19.0 Å². The van der Waals surface area contributed by atoms with Gasteiger partial charge in [-0.15, -0.1) is 11.6 Å². The van der Waals surface area contributed by atoms with Crippen LogP contribution in [0.4, 0.5) is 0 Å². The first kappa shape index (κ1) is 9.25. The maximum atomic E-state index is 5.70. The lowest BCUT2D eigenvalue weighted by Crippen LogP contribution is -2.25. The summed E-state index contributed by atoms with van der Waals surface area (Å²) in [6.07, 6.45) is 0. The predicted octanol–water partition coefficient (Wildman–Crippen LogP) is 1.86. The molecule has 1 atom stereocenters. The van der Waals surface area contributed by atoms with Crippen LogP contribution < -0.4 is 5.32 Å². The topological polar surface area (TPSA) is 12.0 Å². The van der Waals surface area contributed by atoms with E-state index < -0.39 is 0 Å². The zero-order valence-electron chi connectivity index (χ0n) is 6.45. The van der Waals surface area contributed by atoms with Crippen molar-refractivity contribution in [2.75, 3.05) is 13.1 Å². The van der Waals surface area contributed by atoms with Crippen molar-refractivity contribution < 1.29 is 0 Å². The van der Waals surface area contributed by atoms with E-state index in [-0.39, 0.29) is 5.38 Å². The molecule has 0 rings (SSSR count). The van der Waals surface area contributed by atoms with E-state index in [4.69, 9.17) is 11.6 Å². The summed E-state index contributed by atoms with van der Waals surface area (Å²) in [7, 11) is 0. The first-order chi connectivity index (χ1) is 4.13. The van der Waals surface area contributed by atoms with Gasteiger partial charge in [0, 0.05) is 11.9 Å². The Morgan fingerprint density at radius 2 is 1.78 bits per heavy atom. The molecule has 0 saturated carbocycles.